The first-order valence-corrected chi connectivity index (χ1v) is 3.37. The molecule has 0 spiro atoms. The molecule has 12 heavy (non-hydrogen) atoms. The summed E-state index contributed by atoms with van der Waals surface area (Å²) in [6.45, 7) is 0. The molecule has 0 saturated carbocycles. The molecule has 0 aliphatic heterocycles. The highest BCUT2D eigenvalue weighted by molar-refractivity contribution is 5.61. The second kappa shape index (κ2) is 2.61. The van der Waals surface area contributed by atoms with Crippen molar-refractivity contribution < 1.29 is 5.11 Å². The van der Waals surface area contributed by atoms with Crippen LogP contribution < -0.4 is 0 Å². The van der Waals surface area contributed by atoms with Crippen molar-refractivity contribution in [3.8, 4) is 17.1 Å². The van der Waals surface area contributed by atoms with E-state index in [2.05, 4.69) is 20.2 Å². The van der Waals surface area contributed by atoms with Crippen molar-refractivity contribution in [1.82, 2.24) is 20.2 Å². The van der Waals surface area contributed by atoms with Crippen LogP contribution >= 0.6 is 0 Å². The first kappa shape index (κ1) is 6.78. The van der Waals surface area contributed by atoms with Crippen molar-refractivity contribution in [3.63, 3.8) is 0 Å². The number of hydrogen-bond acceptors (Lipinski definition) is 4. The molecule has 2 rings (SSSR count). The Morgan fingerprint density at radius 3 is 2.75 bits per heavy atom. The van der Waals surface area contributed by atoms with Gasteiger partial charge in [0, 0.05) is 24.2 Å². The van der Waals surface area contributed by atoms with E-state index in [1.54, 1.807) is 12.4 Å². The SMILES string of the molecule is Oc1nccnc1-c1cn[nH]c1. The van der Waals surface area contributed by atoms with E-state index in [1.165, 1.54) is 12.4 Å². The second-order valence-electron chi connectivity index (χ2n) is 2.22. The van der Waals surface area contributed by atoms with Crippen LogP contribution in [0.1, 0.15) is 0 Å². The van der Waals surface area contributed by atoms with Gasteiger partial charge in [-0.2, -0.15) is 5.10 Å². The molecule has 60 valence electrons. The van der Waals surface area contributed by atoms with Gasteiger partial charge in [-0.15, -0.1) is 0 Å². The number of nitrogens with zero attached hydrogens (tertiary/aromatic N) is 3. The van der Waals surface area contributed by atoms with Gasteiger partial charge >= 0.3 is 0 Å². The van der Waals surface area contributed by atoms with Gasteiger partial charge in [0.05, 0.1) is 6.20 Å². The molecule has 0 amide bonds. The summed E-state index contributed by atoms with van der Waals surface area (Å²) >= 11 is 0. The average Bonchev–Trinajstić information content (AvgIpc) is 2.57. The van der Waals surface area contributed by atoms with Gasteiger partial charge in [0.25, 0.3) is 0 Å². The quantitative estimate of drug-likeness (QED) is 0.642. The summed E-state index contributed by atoms with van der Waals surface area (Å²) in [7, 11) is 0. The van der Waals surface area contributed by atoms with Crippen LogP contribution in [-0.2, 0) is 0 Å². The minimum absolute atomic E-state index is 0.0844. The Morgan fingerprint density at radius 1 is 1.25 bits per heavy atom. The predicted octanol–water partition coefficient (Wildman–Crippen LogP) is 0.572. The molecule has 0 saturated heterocycles. The van der Waals surface area contributed by atoms with Crippen molar-refractivity contribution in [3.05, 3.63) is 24.8 Å². The number of aromatic nitrogens is 4. The summed E-state index contributed by atoms with van der Waals surface area (Å²) < 4.78 is 0. The molecular weight excluding hydrogens is 156 g/mol. The highest BCUT2D eigenvalue weighted by Crippen LogP contribution is 2.21. The fourth-order valence-corrected chi connectivity index (χ4v) is 0.915. The third-order valence-corrected chi connectivity index (χ3v) is 1.45. The highest BCUT2D eigenvalue weighted by Gasteiger charge is 2.05. The zero-order chi connectivity index (χ0) is 8.39. The van der Waals surface area contributed by atoms with Crippen molar-refractivity contribution in [2.24, 2.45) is 0 Å². The van der Waals surface area contributed by atoms with Gasteiger partial charge in [0.1, 0.15) is 5.69 Å². The Labute approximate surface area is 68.1 Å². The maximum atomic E-state index is 9.27. The van der Waals surface area contributed by atoms with Crippen molar-refractivity contribution >= 4 is 0 Å². The molecule has 0 radical (unpaired) electrons. The summed E-state index contributed by atoms with van der Waals surface area (Å²) in [5, 5.41) is 15.6. The van der Waals surface area contributed by atoms with Crippen LogP contribution in [0.4, 0.5) is 0 Å². The molecule has 2 N–H and O–H groups in total. The Morgan fingerprint density at radius 2 is 2.08 bits per heavy atom. The number of nitrogens with one attached hydrogen (secondary N) is 1. The van der Waals surface area contributed by atoms with E-state index in [0.29, 0.717) is 5.69 Å². The van der Waals surface area contributed by atoms with Crippen molar-refractivity contribution in [2.75, 3.05) is 0 Å². The average molecular weight is 162 g/mol. The van der Waals surface area contributed by atoms with Crippen molar-refractivity contribution in [2.45, 2.75) is 0 Å². The number of H-pyrrole nitrogens is 1. The summed E-state index contributed by atoms with van der Waals surface area (Å²) in [6, 6.07) is 0. The Bertz CT molecular complexity index is 371. The Balaban J connectivity index is 2.55. The van der Waals surface area contributed by atoms with Gasteiger partial charge in [-0.3, -0.25) is 5.10 Å². The number of rotatable bonds is 1. The first-order valence-electron chi connectivity index (χ1n) is 3.37. The van der Waals surface area contributed by atoms with E-state index in [1.807, 2.05) is 0 Å². The molecule has 2 aromatic heterocycles. The molecule has 5 nitrogen and oxygen atoms in total. The van der Waals surface area contributed by atoms with E-state index >= 15 is 0 Å². The van der Waals surface area contributed by atoms with Crippen molar-refractivity contribution in [1.29, 1.82) is 0 Å². The Hall–Kier alpha value is -1.91. The maximum absolute atomic E-state index is 9.27. The predicted molar refractivity (Wildman–Crippen MR) is 41.3 cm³/mol. The van der Waals surface area contributed by atoms with E-state index in [4.69, 9.17) is 0 Å². The van der Waals surface area contributed by atoms with Crippen LogP contribution in [0.15, 0.2) is 24.8 Å². The van der Waals surface area contributed by atoms with Gasteiger partial charge in [-0.05, 0) is 0 Å². The molecule has 0 unspecified atom stereocenters. The number of aromatic hydroxyl groups is 1. The molecule has 0 atom stereocenters. The normalized spacial score (nSPS) is 10.0. The lowest BCUT2D eigenvalue weighted by Gasteiger charge is -1.96. The lowest BCUT2D eigenvalue weighted by atomic mass is 10.2. The van der Waals surface area contributed by atoms with E-state index < -0.39 is 0 Å². The summed E-state index contributed by atoms with van der Waals surface area (Å²) in [6.07, 6.45) is 6.16. The van der Waals surface area contributed by atoms with E-state index in [9.17, 15) is 5.11 Å². The molecule has 0 aliphatic rings. The third kappa shape index (κ3) is 1.01. The van der Waals surface area contributed by atoms with E-state index in [0.717, 1.165) is 5.56 Å². The van der Waals surface area contributed by atoms with Crippen LogP contribution in [0.3, 0.4) is 0 Å². The lowest BCUT2D eigenvalue weighted by Crippen LogP contribution is -1.83. The number of hydrogen-bond donors (Lipinski definition) is 2. The fraction of sp³-hybridized carbons (Fsp3) is 0. The minimum Gasteiger partial charge on any atom is -0.492 e. The van der Waals surface area contributed by atoms with Crippen LogP contribution in [0.25, 0.3) is 11.3 Å². The summed E-state index contributed by atoms with van der Waals surface area (Å²) in [5.74, 6) is -0.0844. The topological polar surface area (TPSA) is 74.7 Å². The molecular formula is C7H6N4O. The minimum atomic E-state index is -0.0844. The summed E-state index contributed by atoms with van der Waals surface area (Å²) in [5.41, 5.74) is 1.16. The summed E-state index contributed by atoms with van der Waals surface area (Å²) in [4.78, 5) is 7.63. The molecule has 0 aromatic carbocycles. The highest BCUT2D eigenvalue weighted by atomic mass is 16.3. The van der Waals surface area contributed by atoms with Gasteiger partial charge in [-0.1, -0.05) is 0 Å². The number of aromatic amines is 1. The molecule has 5 heteroatoms. The molecule has 0 fully saturated rings. The van der Waals surface area contributed by atoms with E-state index in [-0.39, 0.29) is 5.88 Å². The van der Waals surface area contributed by atoms with Crippen LogP contribution in [0, 0.1) is 0 Å². The first-order chi connectivity index (χ1) is 5.88. The van der Waals surface area contributed by atoms with Gasteiger partial charge in [-0.25, -0.2) is 9.97 Å². The molecule has 0 aliphatic carbocycles. The van der Waals surface area contributed by atoms with Gasteiger partial charge < -0.3 is 5.11 Å². The standard InChI is InChI=1S/C7H6N4O/c12-7-6(8-1-2-9-7)5-3-10-11-4-5/h1-4H,(H,9,12)(H,10,11). The molecule has 2 heterocycles. The zero-order valence-electron chi connectivity index (χ0n) is 6.10. The zero-order valence-corrected chi connectivity index (χ0v) is 6.10. The van der Waals surface area contributed by atoms with Gasteiger partial charge in [0.2, 0.25) is 5.88 Å². The van der Waals surface area contributed by atoms with Crippen LogP contribution in [0.5, 0.6) is 5.88 Å². The largest absolute Gasteiger partial charge is 0.492 e. The van der Waals surface area contributed by atoms with Crippen LogP contribution in [-0.4, -0.2) is 25.3 Å². The van der Waals surface area contributed by atoms with Crippen LogP contribution in [0.2, 0.25) is 0 Å². The smallest absolute Gasteiger partial charge is 0.238 e. The molecule has 2 aromatic rings. The maximum Gasteiger partial charge on any atom is 0.238 e. The third-order valence-electron chi connectivity index (χ3n) is 1.45. The fourth-order valence-electron chi connectivity index (χ4n) is 0.915. The monoisotopic (exact) mass is 162 g/mol. The Kier molecular flexibility index (Phi) is 1.48. The lowest BCUT2D eigenvalue weighted by molar-refractivity contribution is 0.453. The second-order valence-corrected chi connectivity index (χ2v) is 2.22. The molecule has 0 bridgehead atoms. The van der Waals surface area contributed by atoms with Gasteiger partial charge in [0.15, 0.2) is 0 Å².